The maximum Gasteiger partial charge on any atom is 0.322 e. The average Bonchev–Trinajstić information content (AvgIpc) is 3.29. The fraction of sp³-hybridized carbons (Fsp3) is 0.345. The van der Waals surface area contributed by atoms with Crippen molar-refractivity contribution in [2.24, 2.45) is 0 Å². The van der Waals surface area contributed by atoms with Crippen molar-refractivity contribution in [2.45, 2.75) is 38.6 Å². The molecule has 2 aliphatic rings. The fourth-order valence-corrected chi connectivity index (χ4v) is 5.52. The van der Waals surface area contributed by atoms with Gasteiger partial charge >= 0.3 is 6.03 Å². The van der Waals surface area contributed by atoms with E-state index < -0.39 is 0 Å². The van der Waals surface area contributed by atoms with Gasteiger partial charge in [0.15, 0.2) is 0 Å². The predicted molar refractivity (Wildman–Crippen MR) is 150 cm³/mol. The maximum absolute atomic E-state index is 13.1. The number of benzene rings is 2. The van der Waals surface area contributed by atoms with Gasteiger partial charge in [0.2, 0.25) is 5.88 Å². The van der Waals surface area contributed by atoms with Crippen molar-refractivity contribution in [2.75, 3.05) is 37.0 Å². The number of ether oxygens (including phenoxy) is 2. The van der Waals surface area contributed by atoms with E-state index in [2.05, 4.69) is 36.2 Å². The molecule has 4 aromatic rings. The normalized spacial score (nSPS) is 15.8. The number of anilines is 2. The number of H-pyrrole nitrogens is 1. The van der Waals surface area contributed by atoms with Gasteiger partial charge in [0.1, 0.15) is 29.5 Å². The van der Waals surface area contributed by atoms with Crippen molar-refractivity contribution in [3.8, 4) is 23.4 Å². The Morgan fingerprint density at radius 1 is 1.10 bits per heavy atom. The molecule has 1 saturated heterocycles. The standard InChI is InChI=1S/C29H30N8O3/c1-18-13-22(15-24-28(18)35-25(33-24)5-9-30)40-27-16-26(31-17-32-27)36-10-7-20(8-11-36)37-12-6-19-14-21(39-2)3-4-23(19)34-29(37)38/h3-4,13-17,20H,5-8,10-12H2,1-2H3,(H,33,35)(H,34,38). The zero-order valence-corrected chi connectivity index (χ0v) is 22.5. The summed E-state index contributed by atoms with van der Waals surface area (Å²) in [7, 11) is 1.65. The quantitative estimate of drug-likeness (QED) is 0.364. The number of carbonyl (C=O) groups excluding carboxylic acids is 1. The van der Waals surface area contributed by atoms with E-state index in [0.717, 1.165) is 71.8 Å². The van der Waals surface area contributed by atoms with Crippen molar-refractivity contribution in [3.63, 3.8) is 0 Å². The Hall–Kier alpha value is -4.85. The first-order chi connectivity index (χ1) is 19.5. The second-order valence-electron chi connectivity index (χ2n) is 10.1. The summed E-state index contributed by atoms with van der Waals surface area (Å²) in [6.45, 7) is 4.17. The van der Waals surface area contributed by atoms with Crippen LogP contribution in [-0.4, -0.2) is 63.7 Å². The molecular weight excluding hydrogens is 508 g/mol. The molecule has 4 heterocycles. The molecule has 0 aliphatic carbocycles. The number of methoxy groups -OCH3 is 1. The fourth-order valence-electron chi connectivity index (χ4n) is 5.52. The van der Waals surface area contributed by atoms with Crippen molar-refractivity contribution >= 4 is 28.6 Å². The third-order valence-corrected chi connectivity index (χ3v) is 7.56. The summed E-state index contributed by atoms with van der Waals surface area (Å²) in [6, 6.07) is 13.6. The van der Waals surface area contributed by atoms with Gasteiger partial charge in [-0.25, -0.2) is 19.7 Å². The summed E-state index contributed by atoms with van der Waals surface area (Å²) < 4.78 is 11.5. The van der Waals surface area contributed by atoms with Gasteiger partial charge in [0.05, 0.1) is 30.6 Å². The van der Waals surface area contributed by atoms with Crippen LogP contribution in [0.25, 0.3) is 11.0 Å². The molecule has 6 rings (SSSR count). The number of fused-ring (bicyclic) bond motifs is 2. The van der Waals surface area contributed by atoms with Crippen LogP contribution in [0, 0.1) is 18.3 Å². The SMILES string of the molecule is COc1ccc2c(c1)CCN(C1CCN(c3cc(Oc4cc(C)c5nc(CC#N)[nH]c5c4)ncn3)CC1)C(=O)N2. The lowest BCUT2D eigenvalue weighted by molar-refractivity contribution is 0.177. The highest BCUT2D eigenvalue weighted by Gasteiger charge is 2.30. The van der Waals surface area contributed by atoms with Gasteiger partial charge in [0.25, 0.3) is 0 Å². The molecule has 2 N–H and O–H groups in total. The smallest absolute Gasteiger partial charge is 0.322 e. The van der Waals surface area contributed by atoms with Gasteiger partial charge in [-0.2, -0.15) is 5.26 Å². The Kier molecular flexibility index (Phi) is 6.82. The topological polar surface area (TPSA) is 132 Å². The molecule has 0 bridgehead atoms. The molecule has 40 heavy (non-hydrogen) atoms. The molecule has 2 aromatic heterocycles. The van der Waals surface area contributed by atoms with Crippen molar-refractivity contribution < 1.29 is 14.3 Å². The van der Waals surface area contributed by atoms with Gasteiger partial charge < -0.3 is 29.6 Å². The lowest BCUT2D eigenvalue weighted by atomic mass is 10.0. The molecule has 0 atom stereocenters. The zero-order chi connectivity index (χ0) is 27.6. The number of rotatable bonds is 6. The maximum atomic E-state index is 13.1. The van der Waals surface area contributed by atoms with Gasteiger partial charge in [-0.1, -0.05) is 0 Å². The third kappa shape index (κ3) is 5.08. The number of carbonyl (C=O) groups is 1. The van der Waals surface area contributed by atoms with Crippen LogP contribution < -0.4 is 19.7 Å². The number of nitrogens with zero attached hydrogens (tertiary/aromatic N) is 6. The molecule has 0 radical (unpaired) electrons. The molecule has 2 aromatic carbocycles. The Balaban J connectivity index is 1.10. The molecule has 204 valence electrons. The van der Waals surface area contributed by atoms with Crippen LogP contribution in [0.2, 0.25) is 0 Å². The first-order valence-corrected chi connectivity index (χ1v) is 13.4. The molecule has 0 spiro atoms. The number of amides is 2. The van der Waals surface area contributed by atoms with E-state index in [1.54, 1.807) is 7.11 Å². The number of nitriles is 1. The molecule has 0 unspecified atom stereocenters. The van der Waals surface area contributed by atoms with E-state index in [1.165, 1.54) is 6.33 Å². The summed E-state index contributed by atoms with van der Waals surface area (Å²) in [5.74, 6) is 3.30. The van der Waals surface area contributed by atoms with E-state index in [0.29, 0.717) is 24.0 Å². The second-order valence-corrected chi connectivity index (χ2v) is 10.1. The third-order valence-electron chi connectivity index (χ3n) is 7.56. The van der Waals surface area contributed by atoms with E-state index in [-0.39, 0.29) is 18.5 Å². The minimum atomic E-state index is -0.0515. The van der Waals surface area contributed by atoms with Crippen LogP contribution in [0.4, 0.5) is 16.3 Å². The summed E-state index contributed by atoms with van der Waals surface area (Å²) in [6.07, 6.45) is 4.20. The highest BCUT2D eigenvalue weighted by Crippen LogP contribution is 2.31. The van der Waals surface area contributed by atoms with Crippen molar-refractivity contribution in [3.05, 3.63) is 59.7 Å². The second kappa shape index (κ2) is 10.7. The minimum Gasteiger partial charge on any atom is -0.497 e. The monoisotopic (exact) mass is 538 g/mol. The number of aromatic amines is 1. The number of nitrogens with one attached hydrogen (secondary N) is 2. The highest BCUT2D eigenvalue weighted by atomic mass is 16.5. The molecule has 1 fully saturated rings. The van der Waals surface area contributed by atoms with Crippen molar-refractivity contribution in [1.29, 1.82) is 5.26 Å². The average molecular weight is 539 g/mol. The van der Waals surface area contributed by atoms with E-state index in [9.17, 15) is 4.79 Å². The molecule has 0 saturated carbocycles. The number of hydrogen-bond donors (Lipinski definition) is 2. The van der Waals surface area contributed by atoms with Gasteiger partial charge in [-0.3, -0.25) is 0 Å². The lowest BCUT2D eigenvalue weighted by Crippen LogP contribution is -2.49. The van der Waals surface area contributed by atoms with Crippen LogP contribution in [0.15, 0.2) is 42.7 Å². The predicted octanol–water partition coefficient (Wildman–Crippen LogP) is 4.59. The van der Waals surface area contributed by atoms with Gasteiger partial charge in [0, 0.05) is 43.5 Å². The summed E-state index contributed by atoms with van der Waals surface area (Å²) in [5.41, 5.74) is 4.53. The summed E-state index contributed by atoms with van der Waals surface area (Å²) >= 11 is 0. The Bertz CT molecular complexity index is 1600. The lowest BCUT2D eigenvalue weighted by Gasteiger charge is -2.38. The number of aromatic nitrogens is 4. The van der Waals surface area contributed by atoms with Crippen LogP contribution in [-0.2, 0) is 12.8 Å². The van der Waals surface area contributed by atoms with Crippen LogP contribution in [0.5, 0.6) is 17.4 Å². The number of hydrogen-bond acceptors (Lipinski definition) is 8. The Morgan fingerprint density at radius 2 is 1.95 bits per heavy atom. The van der Waals surface area contributed by atoms with Crippen LogP contribution in [0.3, 0.4) is 0 Å². The largest absolute Gasteiger partial charge is 0.497 e. The Morgan fingerprint density at radius 3 is 2.75 bits per heavy atom. The number of imidazole rings is 1. The minimum absolute atomic E-state index is 0.0515. The number of aryl methyl sites for hydroxylation is 1. The van der Waals surface area contributed by atoms with Crippen LogP contribution >= 0.6 is 0 Å². The summed E-state index contributed by atoms with van der Waals surface area (Å²) in [4.78, 5) is 33.7. The van der Waals surface area contributed by atoms with E-state index >= 15 is 0 Å². The first kappa shape index (κ1) is 25.4. The number of piperidine rings is 1. The first-order valence-electron chi connectivity index (χ1n) is 13.4. The Labute approximate surface area is 231 Å². The molecule has 2 aliphatic heterocycles. The van der Waals surface area contributed by atoms with E-state index in [4.69, 9.17) is 14.7 Å². The van der Waals surface area contributed by atoms with E-state index in [1.807, 2.05) is 48.2 Å². The zero-order valence-electron chi connectivity index (χ0n) is 22.5. The molecule has 2 amide bonds. The molecule has 11 nitrogen and oxygen atoms in total. The molecule has 11 heteroatoms. The van der Waals surface area contributed by atoms with Crippen molar-refractivity contribution in [1.82, 2.24) is 24.8 Å². The number of urea groups is 1. The van der Waals surface area contributed by atoms with Crippen LogP contribution in [0.1, 0.15) is 29.8 Å². The molecular formula is C29H30N8O3. The summed E-state index contributed by atoms with van der Waals surface area (Å²) in [5, 5.41) is 12.1. The highest BCUT2D eigenvalue weighted by molar-refractivity contribution is 5.91. The van der Waals surface area contributed by atoms with Gasteiger partial charge in [-0.05, 0) is 61.6 Å². The van der Waals surface area contributed by atoms with Gasteiger partial charge in [-0.15, -0.1) is 0 Å².